The molecule has 3 heterocycles. The number of nitrogens with zero attached hydrogens (tertiary/aromatic N) is 3. The Labute approximate surface area is 155 Å². The third kappa shape index (κ3) is 2.92. The minimum absolute atomic E-state index is 0.233. The van der Waals surface area contributed by atoms with Crippen molar-refractivity contribution < 1.29 is 18.8 Å². The highest BCUT2D eigenvalue weighted by Gasteiger charge is 2.33. The number of aryl methyl sites for hydroxylation is 2. The Morgan fingerprint density at radius 3 is 3.07 bits per heavy atom. The van der Waals surface area contributed by atoms with Gasteiger partial charge in [0.1, 0.15) is 12.9 Å². The molecule has 1 unspecified atom stereocenters. The SMILES string of the molecule is O=C1OC(COc2ccon2)CN1c1ccc2c(c1)CCCc1cn[nH]c1-2. The molecule has 1 aliphatic carbocycles. The minimum Gasteiger partial charge on any atom is -0.471 e. The number of nitrogens with one attached hydrogen (secondary N) is 1. The molecule has 2 aromatic heterocycles. The van der Waals surface area contributed by atoms with E-state index in [1.165, 1.54) is 17.4 Å². The number of rotatable bonds is 4. The molecule has 0 spiro atoms. The minimum atomic E-state index is -0.362. The molecule has 138 valence electrons. The van der Waals surface area contributed by atoms with Crippen LogP contribution in [-0.4, -0.2) is 40.7 Å². The highest BCUT2D eigenvalue weighted by Crippen LogP contribution is 2.34. The molecule has 27 heavy (non-hydrogen) atoms. The van der Waals surface area contributed by atoms with E-state index in [9.17, 15) is 4.79 Å². The average molecular weight is 366 g/mol. The highest BCUT2D eigenvalue weighted by molar-refractivity contribution is 5.90. The maximum Gasteiger partial charge on any atom is 0.414 e. The first kappa shape index (κ1) is 15.9. The lowest BCUT2D eigenvalue weighted by molar-refractivity contribution is 0.102. The van der Waals surface area contributed by atoms with Gasteiger partial charge in [0, 0.05) is 17.3 Å². The molecule has 1 aliphatic heterocycles. The maximum absolute atomic E-state index is 12.3. The van der Waals surface area contributed by atoms with Gasteiger partial charge in [-0.1, -0.05) is 6.07 Å². The quantitative estimate of drug-likeness (QED) is 0.763. The van der Waals surface area contributed by atoms with Gasteiger partial charge in [-0.3, -0.25) is 10.00 Å². The van der Waals surface area contributed by atoms with Gasteiger partial charge in [0.05, 0.1) is 18.4 Å². The summed E-state index contributed by atoms with van der Waals surface area (Å²) in [5, 5.41) is 11.0. The van der Waals surface area contributed by atoms with E-state index in [4.69, 9.17) is 14.0 Å². The number of ether oxygens (including phenoxy) is 2. The molecule has 5 rings (SSSR count). The van der Waals surface area contributed by atoms with Crippen LogP contribution in [0.15, 0.2) is 41.2 Å². The lowest BCUT2D eigenvalue weighted by Crippen LogP contribution is -2.26. The lowest BCUT2D eigenvalue weighted by Gasteiger charge is -2.16. The summed E-state index contributed by atoms with van der Waals surface area (Å²) >= 11 is 0. The molecule has 1 aromatic carbocycles. The fourth-order valence-electron chi connectivity index (χ4n) is 3.68. The number of aromatic amines is 1. The number of carbonyl (C=O) groups excluding carboxylic acids is 1. The maximum atomic E-state index is 12.3. The van der Waals surface area contributed by atoms with Crippen LogP contribution in [0.1, 0.15) is 17.5 Å². The molecule has 1 atom stereocenters. The van der Waals surface area contributed by atoms with Crippen LogP contribution in [0.3, 0.4) is 0 Å². The Morgan fingerprint density at radius 1 is 1.26 bits per heavy atom. The number of H-pyrrole nitrogens is 1. The summed E-state index contributed by atoms with van der Waals surface area (Å²) in [6.45, 7) is 0.669. The Hall–Kier alpha value is -3.29. The Bertz CT molecular complexity index is 966. The molecule has 1 amide bonds. The Balaban J connectivity index is 1.35. The molecule has 8 heteroatoms. The Kier molecular flexibility index (Phi) is 3.81. The molecular weight excluding hydrogens is 348 g/mol. The zero-order valence-corrected chi connectivity index (χ0v) is 14.6. The van der Waals surface area contributed by atoms with E-state index in [2.05, 4.69) is 27.5 Å². The molecule has 1 saturated heterocycles. The first-order valence-corrected chi connectivity index (χ1v) is 8.95. The van der Waals surface area contributed by atoms with Crippen LogP contribution in [-0.2, 0) is 17.6 Å². The van der Waals surface area contributed by atoms with Gasteiger partial charge in [-0.15, -0.1) is 0 Å². The first-order valence-electron chi connectivity index (χ1n) is 8.95. The monoisotopic (exact) mass is 366 g/mol. The van der Waals surface area contributed by atoms with E-state index in [1.807, 2.05) is 12.3 Å². The zero-order valence-electron chi connectivity index (χ0n) is 14.6. The van der Waals surface area contributed by atoms with E-state index in [0.29, 0.717) is 12.4 Å². The van der Waals surface area contributed by atoms with E-state index >= 15 is 0 Å². The predicted molar refractivity (Wildman–Crippen MR) is 95.7 cm³/mol. The van der Waals surface area contributed by atoms with Crippen LogP contribution in [0.5, 0.6) is 5.88 Å². The van der Waals surface area contributed by atoms with E-state index in [0.717, 1.165) is 36.2 Å². The fourth-order valence-corrected chi connectivity index (χ4v) is 3.68. The third-order valence-electron chi connectivity index (χ3n) is 4.99. The van der Waals surface area contributed by atoms with Gasteiger partial charge >= 0.3 is 6.09 Å². The van der Waals surface area contributed by atoms with Crippen LogP contribution in [0, 0.1) is 0 Å². The molecule has 1 fully saturated rings. The molecule has 0 saturated carbocycles. The highest BCUT2D eigenvalue weighted by atomic mass is 16.6. The Morgan fingerprint density at radius 2 is 2.19 bits per heavy atom. The van der Waals surface area contributed by atoms with Gasteiger partial charge in [0.2, 0.25) is 0 Å². The van der Waals surface area contributed by atoms with E-state index in [1.54, 1.807) is 11.0 Å². The largest absolute Gasteiger partial charge is 0.471 e. The standard InChI is InChI=1S/C19H18N4O4/c24-19-23(10-15(27-19)11-25-17-6-7-26-22-17)14-4-5-16-12(8-14)2-1-3-13-9-20-21-18(13)16/h4-9,15H,1-3,10-11H2,(H,20,21). The summed E-state index contributed by atoms with van der Waals surface area (Å²) in [4.78, 5) is 14.0. The predicted octanol–water partition coefficient (Wildman–Crippen LogP) is 2.96. The second-order valence-electron chi connectivity index (χ2n) is 6.73. The molecular formula is C19H18N4O4. The van der Waals surface area contributed by atoms with Gasteiger partial charge in [0.15, 0.2) is 6.10 Å². The van der Waals surface area contributed by atoms with Gasteiger partial charge in [-0.05, 0) is 47.7 Å². The zero-order chi connectivity index (χ0) is 18.2. The third-order valence-corrected chi connectivity index (χ3v) is 4.99. The van der Waals surface area contributed by atoms with Crippen molar-refractivity contribution in [1.29, 1.82) is 0 Å². The molecule has 8 nitrogen and oxygen atoms in total. The molecule has 0 radical (unpaired) electrons. The van der Waals surface area contributed by atoms with Crippen molar-refractivity contribution in [3.8, 4) is 17.1 Å². The average Bonchev–Trinajstić information content (AvgIpc) is 3.40. The number of carbonyl (C=O) groups is 1. The van der Waals surface area contributed by atoms with Crippen LogP contribution in [0.2, 0.25) is 0 Å². The second kappa shape index (κ2) is 6.46. The van der Waals surface area contributed by atoms with Crippen molar-refractivity contribution in [1.82, 2.24) is 15.4 Å². The van der Waals surface area contributed by atoms with Gasteiger partial charge in [0.25, 0.3) is 5.88 Å². The van der Waals surface area contributed by atoms with Gasteiger partial charge in [-0.2, -0.15) is 5.10 Å². The van der Waals surface area contributed by atoms with Crippen LogP contribution < -0.4 is 9.64 Å². The number of amides is 1. The van der Waals surface area contributed by atoms with Gasteiger partial charge < -0.3 is 14.0 Å². The number of hydrogen-bond acceptors (Lipinski definition) is 6. The normalized spacial score (nSPS) is 18.6. The summed E-state index contributed by atoms with van der Waals surface area (Å²) in [6, 6.07) is 7.70. The molecule has 1 N–H and O–H groups in total. The van der Waals surface area contributed by atoms with Crippen molar-refractivity contribution in [3.63, 3.8) is 0 Å². The van der Waals surface area contributed by atoms with Crippen LogP contribution in [0.4, 0.5) is 10.5 Å². The fraction of sp³-hybridized carbons (Fsp3) is 0.316. The molecule has 3 aromatic rings. The van der Waals surface area contributed by atoms with Crippen molar-refractivity contribution in [2.24, 2.45) is 0 Å². The van der Waals surface area contributed by atoms with Crippen molar-refractivity contribution in [2.75, 3.05) is 18.1 Å². The number of aromatic nitrogens is 3. The van der Waals surface area contributed by atoms with E-state index < -0.39 is 0 Å². The van der Waals surface area contributed by atoms with Gasteiger partial charge in [-0.25, -0.2) is 4.79 Å². The summed E-state index contributed by atoms with van der Waals surface area (Å²) in [6.07, 6.45) is 5.64. The lowest BCUT2D eigenvalue weighted by atomic mass is 10.0. The number of fused-ring (bicyclic) bond motifs is 3. The number of benzene rings is 1. The van der Waals surface area contributed by atoms with E-state index in [-0.39, 0.29) is 18.8 Å². The molecule has 0 bridgehead atoms. The smallest absolute Gasteiger partial charge is 0.414 e. The summed E-state index contributed by atoms with van der Waals surface area (Å²) in [7, 11) is 0. The molecule has 2 aliphatic rings. The van der Waals surface area contributed by atoms with Crippen molar-refractivity contribution in [2.45, 2.75) is 25.4 Å². The topological polar surface area (TPSA) is 93.5 Å². The van der Waals surface area contributed by atoms with Crippen LogP contribution in [0.25, 0.3) is 11.3 Å². The second-order valence-corrected chi connectivity index (χ2v) is 6.73. The van der Waals surface area contributed by atoms with Crippen molar-refractivity contribution >= 4 is 11.8 Å². The number of anilines is 1. The summed E-state index contributed by atoms with van der Waals surface area (Å²) in [5.74, 6) is 0.380. The summed E-state index contributed by atoms with van der Waals surface area (Å²) < 4.78 is 15.6. The summed E-state index contributed by atoms with van der Waals surface area (Å²) in [5.41, 5.74) is 5.53. The number of hydrogen-bond donors (Lipinski definition) is 1. The first-order chi connectivity index (χ1) is 13.3. The number of cyclic esters (lactones) is 1. The van der Waals surface area contributed by atoms with Crippen molar-refractivity contribution in [3.05, 3.63) is 47.9 Å². The van der Waals surface area contributed by atoms with Crippen LogP contribution >= 0.6 is 0 Å².